The maximum atomic E-state index is 5.78. The maximum Gasteiger partial charge on any atom is 0.123 e. The van der Waals surface area contributed by atoms with Crippen molar-refractivity contribution in [3.8, 4) is 5.75 Å². The highest BCUT2D eigenvalue weighted by Gasteiger charge is 2.38. The minimum Gasteiger partial charge on any atom is -0.490 e. The summed E-state index contributed by atoms with van der Waals surface area (Å²) in [6.45, 7) is 8.74. The summed E-state index contributed by atoms with van der Waals surface area (Å²) in [6.07, 6.45) is 0.282. The zero-order chi connectivity index (χ0) is 9.64. The Morgan fingerprint density at radius 1 is 1.31 bits per heavy atom. The van der Waals surface area contributed by atoms with Gasteiger partial charge < -0.3 is 4.74 Å². The van der Waals surface area contributed by atoms with Crippen LogP contribution in [0.1, 0.15) is 31.9 Å². The third-order valence-electron chi connectivity index (χ3n) is 3.15. The summed E-state index contributed by atoms with van der Waals surface area (Å²) in [5.74, 6) is 1.06. The van der Waals surface area contributed by atoms with Crippen LogP contribution < -0.4 is 4.74 Å². The fourth-order valence-electron chi connectivity index (χ4n) is 1.81. The second kappa shape index (κ2) is 2.50. The van der Waals surface area contributed by atoms with Gasteiger partial charge in [-0.2, -0.15) is 0 Å². The molecule has 0 saturated heterocycles. The van der Waals surface area contributed by atoms with E-state index in [9.17, 15) is 0 Å². The van der Waals surface area contributed by atoms with Crippen LogP contribution in [0.15, 0.2) is 18.2 Å². The Hall–Kier alpha value is -0.980. The Balaban J connectivity index is 2.57. The normalized spacial score (nSPS) is 23.8. The van der Waals surface area contributed by atoms with Gasteiger partial charge >= 0.3 is 0 Å². The fourth-order valence-corrected chi connectivity index (χ4v) is 1.81. The molecule has 2 rings (SSSR count). The van der Waals surface area contributed by atoms with E-state index in [0.29, 0.717) is 0 Å². The van der Waals surface area contributed by atoms with Crippen LogP contribution in [0.3, 0.4) is 0 Å². The third kappa shape index (κ3) is 1.14. The molecule has 0 saturated carbocycles. The van der Waals surface area contributed by atoms with Gasteiger partial charge in [0, 0.05) is 11.0 Å². The van der Waals surface area contributed by atoms with Gasteiger partial charge in [0.25, 0.3) is 0 Å². The standard InChI is InChI=1S/C12H16O/c1-8-5-6-11-10(7-8)12(3,4)9(2)13-11/h5-7,9H,1-4H3. The van der Waals surface area contributed by atoms with E-state index in [1.807, 2.05) is 0 Å². The quantitative estimate of drug-likeness (QED) is 0.590. The maximum absolute atomic E-state index is 5.78. The first-order chi connectivity index (χ1) is 6.01. The SMILES string of the molecule is Cc1ccc2c(c1)C(C)(C)C(C)O2. The van der Waals surface area contributed by atoms with Crippen molar-refractivity contribution in [1.82, 2.24) is 0 Å². The molecule has 1 aliphatic rings. The Kier molecular flexibility index (Phi) is 1.66. The Bertz CT molecular complexity index is 339. The van der Waals surface area contributed by atoms with Gasteiger partial charge in [0.15, 0.2) is 0 Å². The van der Waals surface area contributed by atoms with Crippen LogP contribution in [0.25, 0.3) is 0 Å². The topological polar surface area (TPSA) is 9.23 Å². The summed E-state index contributed by atoms with van der Waals surface area (Å²) < 4.78 is 5.78. The smallest absolute Gasteiger partial charge is 0.123 e. The van der Waals surface area contributed by atoms with Crippen molar-refractivity contribution in [2.75, 3.05) is 0 Å². The molecule has 13 heavy (non-hydrogen) atoms. The van der Waals surface area contributed by atoms with Crippen LogP contribution in [0.2, 0.25) is 0 Å². The van der Waals surface area contributed by atoms with Crippen LogP contribution in [0.5, 0.6) is 5.75 Å². The first-order valence-electron chi connectivity index (χ1n) is 4.79. The fraction of sp³-hybridized carbons (Fsp3) is 0.500. The van der Waals surface area contributed by atoms with Gasteiger partial charge in [0.1, 0.15) is 11.9 Å². The number of ether oxygens (including phenoxy) is 1. The molecular weight excluding hydrogens is 160 g/mol. The molecule has 1 heteroatoms. The van der Waals surface area contributed by atoms with E-state index in [2.05, 4.69) is 45.9 Å². The second-order valence-electron chi connectivity index (χ2n) is 4.48. The van der Waals surface area contributed by atoms with Crippen LogP contribution in [0, 0.1) is 6.92 Å². The van der Waals surface area contributed by atoms with Gasteiger partial charge in [-0.1, -0.05) is 31.5 Å². The molecule has 1 aromatic rings. The number of aryl methyl sites for hydroxylation is 1. The number of hydrogen-bond acceptors (Lipinski definition) is 1. The van der Waals surface area contributed by atoms with Crippen molar-refractivity contribution in [3.05, 3.63) is 29.3 Å². The minimum absolute atomic E-state index is 0.154. The number of rotatable bonds is 0. The van der Waals surface area contributed by atoms with Gasteiger partial charge in [-0.15, -0.1) is 0 Å². The zero-order valence-corrected chi connectivity index (χ0v) is 8.72. The largest absolute Gasteiger partial charge is 0.490 e. The van der Waals surface area contributed by atoms with Gasteiger partial charge in [0.2, 0.25) is 0 Å². The Morgan fingerprint density at radius 2 is 2.00 bits per heavy atom. The Morgan fingerprint density at radius 3 is 2.69 bits per heavy atom. The van der Waals surface area contributed by atoms with Crippen molar-refractivity contribution < 1.29 is 4.74 Å². The molecule has 0 aliphatic carbocycles. The molecule has 0 N–H and O–H groups in total. The summed E-state index contributed by atoms with van der Waals surface area (Å²) in [4.78, 5) is 0. The summed E-state index contributed by atoms with van der Waals surface area (Å²) in [5, 5.41) is 0. The molecule has 1 atom stereocenters. The van der Waals surface area contributed by atoms with Gasteiger partial charge in [-0.05, 0) is 19.9 Å². The van der Waals surface area contributed by atoms with E-state index in [1.54, 1.807) is 0 Å². The van der Waals surface area contributed by atoms with Gasteiger partial charge in [-0.3, -0.25) is 0 Å². The molecule has 70 valence electrons. The van der Waals surface area contributed by atoms with E-state index in [1.165, 1.54) is 11.1 Å². The van der Waals surface area contributed by atoms with Gasteiger partial charge in [0.05, 0.1) is 0 Å². The lowest BCUT2D eigenvalue weighted by Crippen LogP contribution is -2.28. The minimum atomic E-state index is 0.154. The first-order valence-corrected chi connectivity index (χ1v) is 4.79. The van der Waals surface area contributed by atoms with E-state index in [0.717, 1.165) is 5.75 Å². The molecule has 0 fully saturated rings. The molecule has 0 bridgehead atoms. The second-order valence-corrected chi connectivity index (χ2v) is 4.48. The molecular formula is C12H16O. The van der Waals surface area contributed by atoms with Gasteiger partial charge in [-0.25, -0.2) is 0 Å². The van der Waals surface area contributed by atoms with Crippen molar-refractivity contribution in [2.45, 2.75) is 39.2 Å². The summed E-state index contributed by atoms with van der Waals surface area (Å²) in [6, 6.07) is 6.42. The highest BCUT2D eigenvalue weighted by molar-refractivity contribution is 5.45. The predicted octanol–water partition coefficient (Wildman–Crippen LogP) is 3.05. The Labute approximate surface area is 79.7 Å². The first kappa shape index (κ1) is 8.61. The average molecular weight is 176 g/mol. The molecule has 0 amide bonds. The van der Waals surface area contributed by atoms with Crippen molar-refractivity contribution in [2.24, 2.45) is 0 Å². The van der Waals surface area contributed by atoms with E-state index in [4.69, 9.17) is 4.74 Å². The van der Waals surface area contributed by atoms with Crippen molar-refractivity contribution >= 4 is 0 Å². The van der Waals surface area contributed by atoms with Crippen LogP contribution in [-0.4, -0.2) is 6.10 Å². The summed E-state index contributed by atoms with van der Waals surface area (Å²) >= 11 is 0. The predicted molar refractivity (Wildman–Crippen MR) is 54.3 cm³/mol. The molecule has 0 aromatic heterocycles. The lowest BCUT2D eigenvalue weighted by molar-refractivity contribution is 0.185. The number of hydrogen-bond donors (Lipinski definition) is 0. The van der Waals surface area contributed by atoms with Crippen molar-refractivity contribution in [3.63, 3.8) is 0 Å². The highest BCUT2D eigenvalue weighted by Crippen LogP contribution is 2.42. The van der Waals surface area contributed by atoms with E-state index in [-0.39, 0.29) is 11.5 Å². The van der Waals surface area contributed by atoms with Crippen LogP contribution in [-0.2, 0) is 5.41 Å². The lowest BCUT2D eigenvalue weighted by atomic mass is 9.81. The van der Waals surface area contributed by atoms with E-state index < -0.39 is 0 Å². The molecule has 0 radical (unpaired) electrons. The molecule has 1 nitrogen and oxygen atoms in total. The lowest BCUT2D eigenvalue weighted by Gasteiger charge is -2.22. The number of benzene rings is 1. The molecule has 1 heterocycles. The molecule has 1 unspecified atom stereocenters. The summed E-state index contributed by atoms with van der Waals surface area (Å²) in [5.41, 5.74) is 2.81. The van der Waals surface area contributed by atoms with E-state index >= 15 is 0 Å². The van der Waals surface area contributed by atoms with Crippen LogP contribution >= 0.6 is 0 Å². The summed E-state index contributed by atoms with van der Waals surface area (Å²) in [7, 11) is 0. The highest BCUT2D eigenvalue weighted by atomic mass is 16.5. The third-order valence-corrected chi connectivity index (χ3v) is 3.15. The monoisotopic (exact) mass is 176 g/mol. The number of fused-ring (bicyclic) bond motifs is 1. The zero-order valence-electron chi connectivity index (χ0n) is 8.72. The van der Waals surface area contributed by atoms with Crippen molar-refractivity contribution in [1.29, 1.82) is 0 Å². The molecule has 1 aliphatic heterocycles. The molecule has 1 aromatic carbocycles. The molecule has 0 spiro atoms. The average Bonchev–Trinajstić information content (AvgIpc) is 2.27. The van der Waals surface area contributed by atoms with Crippen LogP contribution in [0.4, 0.5) is 0 Å².